The summed E-state index contributed by atoms with van der Waals surface area (Å²) in [6, 6.07) is 10.5. The van der Waals surface area contributed by atoms with Crippen LogP contribution < -0.4 is 0 Å². The number of nitrogens with zero attached hydrogens (tertiary/aromatic N) is 2. The Labute approximate surface area is 120 Å². The zero-order valence-corrected chi connectivity index (χ0v) is 12.0. The Morgan fingerprint density at radius 2 is 1.80 bits per heavy atom. The van der Waals surface area contributed by atoms with Crippen molar-refractivity contribution in [1.82, 2.24) is 9.80 Å². The summed E-state index contributed by atoms with van der Waals surface area (Å²) in [5, 5.41) is 0. The molecule has 4 heteroatoms. The van der Waals surface area contributed by atoms with Crippen LogP contribution in [0.5, 0.6) is 0 Å². The van der Waals surface area contributed by atoms with Crippen molar-refractivity contribution in [1.29, 1.82) is 0 Å². The van der Waals surface area contributed by atoms with Crippen molar-refractivity contribution in [3.05, 3.63) is 35.9 Å². The molecular formula is C16H22N2O2. The van der Waals surface area contributed by atoms with Crippen LogP contribution in [0, 0.1) is 0 Å². The lowest BCUT2D eigenvalue weighted by molar-refractivity contribution is -0.144. The highest BCUT2D eigenvalue weighted by molar-refractivity contribution is 5.82. The first kappa shape index (κ1) is 13.6. The molecule has 1 saturated carbocycles. The normalized spacial score (nSPS) is 21.8. The standard InChI is InChI=1S/C16H22N2O2/c1-20-15(13-5-3-2-4-6-13)16(19)18-11-9-17(10-12-18)14-7-8-14/h2-6,14-15H,7-12H2,1H3. The number of carbonyl (C=O) groups is 1. The molecule has 1 aliphatic carbocycles. The molecule has 3 rings (SSSR count). The fourth-order valence-corrected chi connectivity index (χ4v) is 2.92. The van der Waals surface area contributed by atoms with Crippen molar-refractivity contribution in [2.24, 2.45) is 0 Å². The summed E-state index contributed by atoms with van der Waals surface area (Å²) in [5.41, 5.74) is 0.935. The van der Waals surface area contributed by atoms with Crippen LogP contribution in [0.2, 0.25) is 0 Å². The molecule has 1 unspecified atom stereocenters. The molecule has 0 aromatic heterocycles. The highest BCUT2D eigenvalue weighted by atomic mass is 16.5. The minimum Gasteiger partial charge on any atom is -0.367 e. The lowest BCUT2D eigenvalue weighted by atomic mass is 10.1. The van der Waals surface area contributed by atoms with Gasteiger partial charge < -0.3 is 9.64 Å². The SMILES string of the molecule is COC(C(=O)N1CCN(C2CC2)CC1)c1ccccc1. The number of amides is 1. The highest BCUT2D eigenvalue weighted by Gasteiger charge is 2.34. The number of hydrogen-bond donors (Lipinski definition) is 0. The maximum Gasteiger partial charge on any atom is 0.256 e. The second-order valence-electron chi connectivity index (χ2n) is 5.62. The summed E-state index contributed by atoms with van der Waals surface area (Å²) in [4.78, 5) is 17.1. The summed E-state index contributed by atoms with van der Waals surface area (Å²) < 4.78 is 5.43. The predicted octanol–water partition coefficient (Wildman–Crippen LogP) is 1.68. The summed E-state index contributed by atoms with van der Waals surface area (Å²) in [5.74, 6) is 0.0918. The van der Waals surface area contributed by atoms with E-state index in [4.69, 9.17) is 4.74 Å². The molecular weight excluding hydrogens is 252 g/mol. The average molecular weight is 274 g/mol. The average Bonchev–Trinajstić information content (AvgIpc) is 3.34. The zero-order valence-electron chi connectivity index (χ0n) is 12.0. The van der Waals surface area contributed by atoms with E-state index in [0.29, 0.717) is 0 Å². The van der Waals surface area contributed by atoms with E-state index in [2.05, 4.69) is 4.90 Å². The second kappa shape index (κ2) is 5.94. The van der Waals surface area contributed by atoms with Gasteiger partial charge in [0, 0.05) is 39.3 Å². The highest BCUT2D eigenvalue weighted by Crippen LogP contribution is 2.28. The minimum absolute atomic E-state index is 0.0918. The van der Waals surface area contributed by atoms with Crippen LogP contribution in [0.15, 0.2) is 30.3 Å². The van der Waals surface area contributed by atoms with Gasteiger partial charge in [-0.15, -0.1) is 0 Å². The summed E-state index contributed by atoms with van der Waals surface area (Å²) in [6.07, 6.45) is 2.20. The Bertz CT molecular complexity index is 451. The molecule has 108 valence electrons. The Hall–Kier alpha value is -1.39. The molecule has 0 spiro atoms. The molecule has 1 aliphatic heterocycles. The number of hydrogen-bond acceptors (Lipinski definition) is 3. The molecule has 0 radical (unpaired) electrons. The van der Waals surface area contributed by atoms with Crippen LogP contribution >= 0.6 is 0 Å². The number of ether oxygens (including phenoxy) is 1. The topological polar surface area (TPSA) is 32.8 Å². The van der Waals surface area contributed by atoms with Crippen LogP contribution in [0.4, 0.5) is 0 Å². The van der Waals surface area contributed by atoms with E-state index in [1.165, 1.54) is 12.8 Å². The maximum atomic E-state index is 12.6. The van der Waals surface area contributed by atoms with Crippen LogP contribution in [0.3, 0.4) is 0 Å². The molecule has 0 N–H and O–H groups in total. The number of rotatable bonds is 4. The van der Waals surface area contributed by atoms with Gasteiger partial charge >= 0.3 is 0 Å². The molecule has 1 aromatic carbocycles. The van der Waals surface area contributed by atoms with E-state index in [-0.39, 0.29) is 5.91 Å². The summed E-state index contributed by atoms with van der Waals surface area (Å²) in [6.45, 7) is 3.65. The minimum atomic E-state index is -0.469. The number of piperazine rings is 1. The molecule has 1 heterocycles. The van der Waals surface area contributed by atoms with Gasteiger partial charge in [0.15, 0.2) is 6.10 Å². The van der Waals surface area contributed by atoms with E-state index in [9.17, 15) is 4.79 Å². The molecule has 20 heavy (non-hydrogen) atoms. The first-order valence-corrected chi connectivity index (χ1v) is 7.40. The summed E-state index contributed by atoms with van der Waals surface area (Å²) >= 11 is 0. The Morgan fingerprint density at radius 1 is 1.15 bits per heavy atom. The van der Waals surface area contributed by atoms with E-state index in [1.807, 2.05) is 35.2 Å². The van der Waals surface area contributed by atoms with Gasteiger partial charge in [-0.05, 0) is 18.4 Å². The number of benzene rings is 1. The first-order valence-electron chi connectivity index (χ1n) is 7.40. The molecule has 1 amide bonds. The van der Waals surface area contributed by atoms with Crippen molar-refractivity contribution in [3.63, 3.8) is 0 Å². The van der Waals surface area contributed by atoms with Crippen molar-refractivity contribution >= 4 is 5.91 Å². The van der Waals surface area contributed by atoms with Crippen LogP contribution in [0.25, 0.3) is 0 Å². The zero-order chi connectivity index (χ0) is 13.9. The van der Waals surface area contributed by atoms with Gasteiger partial charge in [0.05, 0.1) is 0 Å². The Kier molecular flexibility index (Phi) is 4.03. The molecule has 1 saturated heterocycles. The number of methoxy groups -OCH3 is 1. The lowest BCUT2D eigenvalue weighted by Gasteiger charge is -2.36. The van der Waals surface area contributed by atoms with Crippen molar-refractivity contribution in [2.45, 2.75) is 25.0 Å². The molecule has 4 nitrogen and oxygen atoms in total. The van der Waals surface area contributed by atoms with Gasteiger partial charge in [-0.3, -0.25) is 9.69 Å². The fourth-order valence-electron chi connectivity index (χ4n) is 2.92. The van der Waals surface area contributed by atoms with E-state index >= 15 is 0 Å². The third-order valence-electron chi connectivity index (χ3n) is 4.25. The van der Waals surface area contributed by atoms with E-state index in [0.717, 1.165) is 37.8 Å². The molecule has 2 fully saturated rings. The van der Waals surface area contributed by atoms with Crippen molar-refractivity contribution in [2.75, 3.05) is 33.3 Å². The van der Waals surface area contributed by atoms with E-state index in [1.54, 1.807) is 7.11 Å². The van der Waals surface area contributed by atoms with Crippen LogP contribution in [-0.4, -0.2) is 55.0 Å². The van der Waals surface area contributed by atoms with Crippen molar-refractivity contribution in [3.8, 4) is 0 Å². The maximum absolute atomic E-state index is 12.6. The quantitative estimate of drug-likeness (QED) is 0.837. The molecule has 1 aromatic rings. The van der Waals surface area contributed by atoms with Crippen LogP contribution in [-0.2, 0) is 9.53 Å². The van der Waals surface area contributed by atoms with E-state index < -0.39 is 6.10 Å². The largest absolute Gasteiger partial charge is 0.367 e. The third kappa shape index (κ3) is 2.86. The van der Waals surface area contributed by atoms with Gasteiger partial charge in [0.1, 0.15) is 0 Å². The number of carbonyl (C=O) groups excluding carboxylic acids is 1. The van der Waals surface area contributed by atoms with Gasteiger partial charge in [-0.25, -0.2) is 0 Å². The molecule has 1 atom stereocenters. The molecule has 0 bridgehead atoms. The Balaban J connectivity index is 1.62. The lowest BCUT2D eigenvalue weighted by Crippen LogP contribution is -2.50. The van der Waals surface area contributed by atoms with Crippen LogP contribution in [0.1, 0.15) is 24.5 Å². The monoisotopic (exact) mass is 274 g/mol. The third-order valence-corrected chi connectivity index (χ3v) is 4.25. The fraction of sp³-hybridized carbons (Fsp3) is 0.562. The van der Waals surface area contributed by atoms with Gasteiger partial charge in [0.25, 0.3) is 5.91 Å². The smallest absolute Gasteiger partial charge is 0.256 e. The van der Waals surface area contributed by atoms with Gasteiger partial charge in [0.2, 0.25) is 0 Å². The van der Waals surface area contributed by atoms with Gasteiger partial charge in [-0.1, -0.05) is 30.3 Å². The van der Waals surface area contributed by atoms with Gasteiger partial charge in [-0.2, -0.15) is 0 Å². The summed E-state index contributed by atoms with van der Waals surface area (Å²) in [7, 11) is 1.61. The van der Waals surface area contributed by atoms with Crippen molar-refractivity contribution < 1.29 is 9.53 Å². The first-order chi connectivity index (χ1) is 9.79. The predicted molar refractivity (Wildman–Crippen MR) is 77.4 cm³/mol. The molecule has 2 aliphatic rings. The second-order valence-corrected chi connectivity index (χ2v) is 5.62. The Morgan fingerprint density at radius 3 is 2.35 bits per heavy atom.